The van der Waals surface area contributed by atoms with Crippen LogP contribution in [0.5, 0.6) is 11.5 Å². The number of amides is 1. The fourth-order valence-corrected chi connectivity index (χ4v) is 3.00. The second-order valence-electron chi connectivity index (χ2n) is 5.75. The summed E-state index contributed by atoms with van der Waals surface area (Å²) in [7, 11) is 0. The number of unbranched alkanes of at least 4 members (excludes halogenated alkanes) is 1. The van der Waals surface area contributed by atoms with E-state index in [-0.39, 0.29) is 11.9 Å². The minimum absolute atomic E-state index is 0.0639. The van der Waals surface area contributed by atoms with E-state index in [0.717, 1.165) is 24.2 Å². The molecule has 3 rings (SSSR count). The van der Waals surface area contributed by atoms with Gasteiger partial charge in [-0.15, -0.1) is 0 Å². The van der Waals surface area contributed by atoms with Gasteiger partial charge in [0.15, 0.2) is 11.5 Å². The van der Waals surface area contributed by atoms with Gasteiger partial charge < -0.3 is 19.7 Å². The highest BCUT2D eigenvalue weighted by Crippen LogP contribution is 2.42. The zero-order valence-corrected chi connectivity index (χ0v) is 13.3. The molecule has 1 amide bonds. The first-order valence-electron chi connectivity index (χ1n) is 8.13. The molecule has 0 aliphatic carbocycles. The number of hydrogen-bond acceptors (Lipinski definition) is 5. The molecule has 122 valence electrons. The average molecular weight is 315 g/mol. The van der Waals surface area contributed by atoms with Crippen LogP contribution in [0.4, 0.5) is 11.4 Å². The van der Waals surface area contributed by atoms with Gasteiger partial charge in [-0.25, -0.2) is 0 Å². The maximum absolute atomic E-state index is 12.7. The molecule has 0 aromatic heterocycles. The number of nitrogens with zero attached hydrogens (tertiary/aromatic N) is 2. The Bertz CT molecular complexity index is 639. The van der Waals surface area contributed by atoms with Crippen molar-refractivity contribution in [1.82, 2.24) is 0 Å². The third-order valence-corrected chi connectivity index (χ3v) is 4.09. The van der Waals surface area contributed by atoms with Gasteiger partial charge in [-0.05, 0) is 12.8 Å². The van der Waals surface area contributed by atoms with Crippen LogP contribution < -0.4 is 19.7 Å². The SMILES string of the molecule is CCCC1Nc2cc3c(cc2N(CCCC#N)C1=O)OCCO3. The van der Waals surface area contributed by atoms with Crippen LogP contribution in [0, 0.1) is 11.3 Å². The molecular formula is C17H21N3O3. The molecule has 6 nitrogen and oxygen atoms in total. The van der Waals surface area contributed by atoms with Crippen molar-refractivity contribution in [3.63, 3.8) is 0 Å². The Hall–Kier alpha value is -2.42. The predicted octanol–water partition coefficient (Wildman–Crippen LogP) is 2.69. The van der Waals surface area contributed by atoms with Gasteiger partial charge in [0.2, 0.25) is 5.91 Å². The van der Waals surface area contributed by atoms with Crippen molar-refractivity contribution in [2.45, 2.75) is 38.6 Å². The lowest BCUT2D eigenvalue weighted by molar-refractivity contribution is -0.119. The highest BCUT2D eigenvalue weighted by Gasteiger charge is 2.33. The lowest BCUT2D eigenvalue weighted by Crippen LogP contribution is -2.47. The molecule has 0 radical (unpaired) electrons. The second-order valence-corrected chi connectivity index (χ2v) is 5.75. The molecule has 1 N–H and O–H groups in total. The molecule has 0 fully saturated rings. The normalized spacial score (nSPS) is 18.9. The molecule has 0 spiro atoms. The van der Waals surface area contributed by atoms with Crippen molar-refractivity contribution >= 4 is 17.3 Å². The number of nitrogens with one attached hydrogen (secondary N) is 1. The largest absolute Gasteiger partial charge is 0.486 e. The van der Waals surface area contributed by atoms with Gasteiger partial charge in [0.05, 0.1) is 17.4 Å². The van der Waals surface area contributed by atoms with E-state index in [1.54, 1.807) is 4.90 Å². The number of rotatable bonds is 5. The standard InChI is InChI=1S/C17H21N3O3/c1-2-5-12-17(21)20(7-4-3-6-18)14-11-16-15(10-13(14)19-12)22-8-9-23-16/h10-12,19H,2-5,7-9H2,1H3. The Morgan fingerprint density at radius 1 is 1.35 bits per heavy atom. The lowest BCUT2D eigenvalue weighted by atomic mass is 10.0. The molecule has 6 heteroatoms. The van der Waals surface area contributed by atoms with Crippen molar-refractivity contribution < 1.29 is 14.3 Å². The first-order valence-corrected chi connectivity index (χ1v) is 8.13. The maximum Gasteiger partial charge on any atom is 0.249 e. The lowest BCUT2D eigenvalue weighted by Gasteiger charge is -2.36. The first kappa shape index (κ1) is 15.5. The minimum atomic E-state index is -0.225. The summed E-state index contributed by atoms with van der Waals surface area (Å²) >= 11 is 0. The van der Waals surface area contributed by atoms with Crippen LogP contribution >= 0.6 is 0 Å². The van der Waals surface area contributed by atoms with Crippen molar-refractivity contribution in [2.75, 3.05) is 30.0 Å². The third kappa shape index (κ3) is 3.04. The summed E-state index contributed by atoms with van der Waals surface area (Å²) in [6.45, 7) is 3.66. The summed E-state index contributed by atoms with van der Waals surface area (Å²) in [5.74, 6) is 1.45. The zero-order valence-electron chi connectivity index (χ0n) is 13.3. The highest BCUT2D eigenvalue weighted by atomic mass is 16.6. The van der Waals surface area contributed by atoms with E-state index in [1.165, 1.54) is 0 Å². The fourth-order valence-electron chi connectivity index (χ4n) is 3.00. The number of carbonyl (C=O) groups is 1. The van der Waals surface area contributed by atoms with E-state index < -0.39 is 0 Å². The number of ether oxygens (including phenoxy) is 2. The fraction of sp³-hybridized carbons (Fsp3) is 0.529. The monoisotopic (exact) mass is 315 g/mol. The highest BCUT2D eigenvalue weighted by molar-refractivity contribution is 6.05. The van der Waals surface area contributed by atoms with Gasteiger partial charge in [-0.1, -0.05) is 13.3 Å². The van der Waals surface area contributed by atoms with Gasteiger partial charge in [0.1, 0.15) is 19.3 Å². The van der Waals surface area contributed by atoms with E-state index in [1.807, 2.05) is 12.1 Å². The number of benzene rings is 1. The molecule has 1 aromatic carbocycles. The van der Waals surface area contributed by atoms with Gasteiger partial charge in [-0.3, -0.25) is 4.79 Å². The summed E-state index contributed by atoms with van der Waals surface area (Å²) < 4.78 is 11.3. The summed E-state index contributed by atoms with van der Waals surface area (Å²) in [6.07, 6.45) is 2.81. The number of anilines is 2. The number of fused-ring (bicyclic) bond motifs is 2. The molecule has 2 aliphatic heterocycles. The second kappa shape index (κ2) is 6.78. The first-order chi connectivity index (χ1) is 11.2. The number of nitriles is 1. The van der Waals surface area contributed by atoms with Crippen LogP contribution in [-0.4, -0.2) is 31.7 Å². The Morgan fingerprint density at radius 2 is 2.09 bits per heavy atom. The Balaban J connectivity index is 1.94. The van der Waals surface area contributed by atoms with E-state index in [4.69, 9.17) is 14.7 Å². The summed E-state index contributed by atoms with van der Waals surface area (Å²) in [5.41, 5.74) is 1.70. The Kier molecular flexibility index (Phi) is 4.56. The topological polar surface area (TPSA) is 74.6 Å². The molecule has 0 saturated carbocycles. The molecule has 0 saturated heterocycles. The summed E-state index contributed by atoms with van der Waals surface area (Å²) in [5, 5.41) is 12.1. The van der Waals surface area contributed by atoms with Gasteiger partial charge in [-0.2, -0.15) is 5.26 Å². The Labute approximate surface area is 136 Å². The molecule has 23 heavy (non-hydrogen) atoms. The molecule has 1 unspecified atom stereocenters. The molecule has 1 aromatic rings. The molecule has 0 bridgehead atoms. The molecule has 2 aliphatic rings. The zero-order chi connectivity index (χ0) is 16.2. The van der Waals surface area contributed by atoms with Crippen LogP contribution in [-0.2, 0) is 4.79 Å². The third-order valence-electron chi connectivity index (χ3n) is 4.09. The molecule has 1 atom stereocenters. The van der Waals surface area contributed by atoms with Crippen LogP contribution in [0.2, 0.25) is 0 Å². The van der Waals surface area contributed by atoms with Crippen molar-refractivity contribution in [2.24, 2.45) is 0 Å². The van der Waals surface area contributed by atoms with E-state index in [9.17, 15) is 4.79 Å². The predicted molar refractivity (Wildman–Crippen MR) is 87.0 cm³/mol. The van der Waals surface area contributed by atoms with Gasteiger partial charge in [0.25, 0.3) is 0 Å². The van der Waals surface area contributed by atoms with Crippen LogP contribution in [0.25, 0.3) is 0 Å². The number of carbonyl (C=O) groups excluding carboxylic acids is 1. The minimum Gasteiger partial charge on any atom is -0.486 e. The molecule has 2 heterocycles. The number of hydrogen-bond donors (Lipinski definition) is 1. The Morgan fingerprint density at radius 3 is 2.78 bits per heavy atom. The van der Waals surface area contributed by atoms with E-state index in [2.05, 4.69) is 18.3 Å². The quantitative estimate of drug-likeness (QED) is 0.846. The summed E-state index contributed by atoms with van der Waals surface area (Å²) in [4.78, 5) is 14.5. The smallest absolute Gasteiger partial charge is 0.249 e. The van der Waals surface area contributed by atoms with Crippen molar-refractivity contribution in [1.29, 1.82) is 5.26 Å². The van der Waals surface area contributed by atoms with Crippen LogP contribution in [0.1, 0.15) is 32.6 Å². The summed E-state index contributed by atoms with van der Waals surface area (Å²) in [6, 6.07) is 5.69. The molecular weight excluding hydrogens is 294 g/mol. The van der Waals surface area contributed by atoms with Gasteiger partial charge in [0, 0.05) is 25.1 Å². The van der Waals surface area contributed by atoms with E-state index >= 15 is 0 Å². The van der Waals surface area contributed by atoms with Crippen molar-refractivity contribution in [3.8, 4) is 17.6 Å². The van der Waals surface area contributed by atoms with Crippen LogP contribution in [0.15, 0.2) is 12.1 Å². The maximum atomic E-state index is 12.7. The van der Waals surface area contributed by atoms with E-state index in [0.29, 0.717) is 44.1 Å². The van der Waals surface area contributed by atoms with Crippen LogP contribution in [0.3, 0.4) is 0 Å². The van der Waals surface area contributed by atoms with Crippen molar-refractivity contribution in [3.05, 3.63) is 12.1 Å². The van der Waals surface area contributed by atoms with Gasteiger partial charge >= 0.3 is 0 Å². The average Bonchev–Trinajstić information content (AvgIpc) is 2.57.